The van der Waals surface area contributed by atoms with Crippen LogP contribution in [0.5, 0.6) is 0 Å². The molecule has 33 heavy (non-hydrogen) atoms. The molecule has 188 valence electrons. The molecule has 2 amide bonds. The topological polar surface area (TPSA) is 86.8 Å². The fourth-order valence-electron chi connectivity index (χ4n) is 4.45. The third-order valence-electron chi connectivity index (χ3n) is 6.45. The molecule has 8 nitrogen and oxygen atoms in total. The standard InChI is InChI=1S/C25H45N5O3/c1-10-18(5)24(20(11-2)33-9)30(8)22(31)15-28-25(32)23(17(3)4)29(7)16-19-12-13-27-21(14-19)26-6/h12-14,17-18,20,23-24H,10-11,15-16H2,1-9H3,(H,26,27)(H,28,32). The highest BCUT2D eigenvalue weighted by molar-refractivity contribution is 5.87. The third-order valence-corrected chi connectivity index (χ3v) is 6.45. The molecule has 4 atom stereocenters. The predicted octanol–water partition coefficient (Wildman–Crippen LogP) is 2.99. The Morgan fingerprint density at radius 3 is 2.33 bits per heavy atom. The van der Waals surface area contributed by atoms with Gasteiger partial charge in [0, 0.05) is 33.9 Å². The summed E-state index contributed by atoms with van der Waals surface area (Å²) in [5.41, 5.74) is 1.06. The number of nitrogens with one attached hydrogen (secondary N) is 2. The van der Waals surface area contributed by atoms with E-state index in [1.165, 1.54) is 0 Å². The van der Waals surface area contributed by atoms with Gasteiger partial charge in [-0.05, 0) is 43.0 Å². The van der Waals surface area contributed by atoms with Gasteiger partial charge in [0.05, 0.1) is 24.7 Å². The highest BCUT2D eigenvalue weighted by Gasteiger charge is 2.32. The van der Waals surface area contributed by atoms with Crippen molar-refractivity contribution in [3.05, 3.63) is 23.9 Å². The maximum absolute atomic E-state index is 13.1. The molecule has 1 aromatic rings. The monoisotopic (exact) mass is 463 g/mol. The number of carbonyl (C=O) groups excluding carboxylic acids is 2. The lowest BCUT2D eigenvalue weighted by molar-refractivity contribution is -0.138. The van der Waals surface area contributed by atoms with E-state index < -0.39 is 0 Å². The van der Waals surface area contributed by atoms with Crippen LogP contribution in [0.15, 0.2) is 18.3 Å². The molecule has 0 radical (unpaired) electrons. The second kappa shape index (κ2) is 14.2. The molecule has 0 spiro atoms. The Balaban J connectivity index is 2.84. The number of amides is 2. The zero-order valence-electron chi connectivity index (χ0n) is 22.0. The average Bonchev–Trinajstić information content (AvgIpc) is 2.79. The summed E-state index contributed by atoms with van der Waals surface area (Å²) in [5.74, 6) is 0.909. The van der Waals surface area contributed by atoms with Crippen molar-refractivity contribution in [2.45, 2.75) is 72.2 Å². The van der Waals surface area contributed by atoms with Gasteiger partial charge in [-0.1, -0.05) is 41.0 Å². The van der Waals surface area contributed by atoms with Crippen molar-refractivity contribution in [3.63, 3.8) is 0 Å². The summed E-state index contributed by atoms with van der Waals surface area (Å²) >= 11 is 0. The highest BCUT2D eigenvalue weighted by atomic mass is 16.5. The summed E-state index contributed by atoms with van der Waals surface area (Å²) in [4.78, 5) is 34.1. The molecular formula is C25H45N5O3. The summed E-state index contributed by atoms with van der Waals surface area (Å²) in [6.07, 6.45) is 3.48. The van der Waals surface area contributed by atoms with Crippen LogP contribution in [0.2, 0.25) is 0 Å². The van der Waals surface area contributed by atoms with Crippen LogP contribution in [0.3, 0.4) is 0 Å². The number of aromatic nitrogens is 1. The quantitative estimate of drug-likeness (QED) is 0.441. The maximum Gasteiger partial charge on any atom is 0.242 e. The fourth-order valence-corrected chi connectivity index (χ4v) is 4.45. The Morgan fingerprint density at radius 1 is 1.15 bits per heavy atom. The number of pyridine rings is 1. The van der Waals surface area contributed by atoms with Gasteiger partial charge < -0.3 is 20.3 Å². The van der Waals surface area contributed by atoms with Gasteiger partial charge in [0.2, 0.25) is 11.8 Å². The van der Waals surface area contributed by atoms with E-state index in [0.29, 0.717) is 6.54 Å². The lowest BCUT2D eigenvalue weighted by Gasteiger charge is -2.37. The summed E-state index contributed by atoms with van der Waals surface area (Å²) in [6, 6.07) is 3.52. The first-order valence-corrected chi connectivity index (χ1v) is 12.0. The molecule has 0 saturated heterocycles. The highest BCUT2D eigenvalue weighted by Crippen LogP contribution is 2.21. The molecular weight excluding hydrogens is 418 g/mol. The SMILES string of the molecule is CCC(C)C(C(CC)OC)N(C)C(=O)CNC(=O)C(C(C)C)N(C)Cc1ccnc(NC)c1. The molecule has 0 fully saturated rings. The number of ether oxygens (including phenoxy) is 1. The van der Waals surface area contributed by atoms with Crippen molar-refractivity contribution in [1.82, 2.24) is 20.1 Å². The maximum atomic E-state index is 13.1. The summed E-state index contributed by atoms with van der Waals surface area (Å²) in [5, 5.41) is 5.92. The normalized spacial score (nSPS) is 15.1. The number of nitrogens with zero attached hydrogens (tertiary/aromatic N) is 3. The van der Waals surface area contributed by atoms with Crippen LogP contribution in [0, 0.1) is 11.8 Å². The van der Waals surface area contributed by atoms with Crippen LogP contribution in [-0.2, 0) is 20.9 Å². The Morgan fingerprint density at radius 2 is 1.82 bits per heavy atom. The van der Waals surface area contributed by atoms with Gasteiger partial charge in [-0.2, -0.15) is 0 Å². The van der Waals surface area contributed by atoms with E-state index in [4.69, 9.17) is 4.74 Å². The van der Waals surface area contributed by atoms with E-state index in [9.17, 15) is 9.59 Å². The first kappa shape index (κ1) is 28.8. The lowest BCUT2D eigenvalue weighted by Crippen LogP contribution is -2.54. The third kappa shape index (κ3) is 8.27. The molecule has 1 heterocycles. The lowest BCUT2D eigenvalue weighted by atomic mass is 9.91. The molecule has 2 N–H and O–H groups in total. The number of carbonyl (C=O) groups is 2. The largest absolute Gasteiger partial charge is 0.379 e. The van der Waals surface area contributed by atoms with Crippen molar-refractivity contribution >= 4 is 17.6 Å². The zero-order valence-corrected chi connectivity index (χ0v) is 22.0. The van der Waals surface area contributed by atoms with E-state index in [1.54, 1.807) is 18.2 Å². The first-order chi connectivity index (χ1) is 15.6. The minimum Gasteiger partial charge on any atom is -0.379 e. The first-order valence-electron chi connectivity index (χ1n) is 12.0. The Bertz CT molecular complexity index is 739. The Labute approximate surface area is 200 Å². The Kier molecular flexibility index (Phi) is 12.4. The van der Waals surface area contributed by atoms with Crippen molar-refractivity contribution in [1.29, 1.82) is 0 Å². The number of anilines is 1. The van der Waals surface area contributed by atoms with Crippen LogP contribution in [-0.4, -0.2) is 79.6 Å². The van der Waals surface area contributed by atoms with Gasteiger partial charge in [0.25, 0.3) is 0 Å². The van der Waals surface area contributed by atoms with Crippen molar-refractivity contribution in [3.8, 4) is 0 Å². The van der Waals surface area contributed by atoms with E-state index >= 15 is 0 Å². The minimum absolute atomic E-state index is 0.0291. The van der Waals surface area contributed by atoms with Gasteiger partial charge in [-0.15, -0.1) is 0 Å². The number of hydrogen-bond donors (Lipinski definition) is 2. The smallest absolute Gasteiger partial charge is 0.242 e. The predicted molar refractivity (Wildman–Crippen MR) is 134 cm³/mol. The molecule has 0 bridgehead atoms. The van der Waals surface area contributed by atoms with Crippen LogP contribution >= 0.6 is 0 Å². The molecule has 0 aliphatic heterocycles. The molecule has 0 saturated carbocycles. The van der Waals surface area contributed by atoms with E-state index in [2.05, 4.69) is 36.4 Å². The second-order valence-electron chi connectivity index (χ2n) is 9.18. The van der Waals surface area contributed by atoms with E-state index in [1.807, 2.05) is 52.0 Å². The second-order valence-corrected chi connectivity index (χ2v) is 9.18. The molecule has 8 heteroatoms. The number of likely N-dealkylation sites (N-methyl/N-ethyl adjacent to an activating group) is 2. The minimum atomic E-state index is -0.359. The molecule has 4 unspecified atom stereocenters. The van der Waals surface area contributed by atoms with Gasteiger partial charge in [0.1, 0.15) is 5.82 Å². The van der Waals surface area contributed by atoms with Crippen molar-refractivity contribution in [2.75, 3.05) is 40.1 Å². The van der Waals surface area contributed by atoms with Crippen LogP contribution in [0.25, 0.3) is 0 Å². The number of methoxy groups -OCH3 is 1. The van der Waals surface area contributed by atoms with E-state index in [-0.39, 0.29) is 48.4 Å². The molecule has 1 aromatic heterocycles. The van der Waals surface area contributed by atoms with E-state index in [0.717, 1.165) is 24.2 Å². The number of rotatable bonds is 14. The molecule has 0 aliphatic carbocycles. The van der Waals surface area contributed by atoms with Crippen LogP contribution in [0.1, 0.15) is 53.0 Å². The van der Waals surface area contributed by atoms with Crippen LogP contribution in [0.4, 0.5) is 5.82 Å². The molecule has 0 aromatic carbocycles. The van der Waals surface area contributed by atoms with Crippen LogP contribution < -0.4 is 10.6 Å². The summed E-state index contributed by atoms with van der Waals surface area (Å²) < 4.78 is 5.66. The van der Waals surface area contributed by atoms with Gasteiger partial charge in [-0.3, -0.25) is 14.5 Å². The molecule has 0 aliphatic rings. The number of hydrogen-bond acceptors (Lipinski definition) is 6. The Hall–Kier alpha value is -2.19. The van der Waals surface area contributed by atoms with Gasteiger partial charge in [0.15, 0.2) is 0 Å². The average molecular weight is 464 g/mol. The van der Waals surface area contributed by atoms with Crippen molar-refractivity contribution < 1.29 is 14.3 Å². The van der Waals surface area contributed by atoms with Gasteiger partial charge >= 0.3 is 0 Å². The fraction of sp³-hybridized carbons (Fsp3) is 0.720. The molecule has 1 rings (SSSR count). The summed E-state index contributed by atoms with van der Waals surface area (Å²) in [6.45, 7) is 10.9. The zero-order chi connectivity index (χ0) is 25.1. The van der Waals surface area contributed by atoms with Crippen molar-refractivity contribution in [2.24, 2.45) is 11.8 Å². The van der Waals surface area contributed by atoms with Gasteiger partial charge in [-0.25, -0.2) is 4.98 Å². The summed E-state index contributed by atoms with van der Waals surface area (Å²) in [7, 11) is 7.26.